The molecule has 32 heavy (non-hydrogen) atoms. The molecule has 4 atom stereocenters. The number of allylic oxidation sites excluding steroid dienone is 2. The summed E-state index contributed by atoms with van der Waals surface area (Å²) >= 11 is 0. The van der Waals surface area contributed by atoms with Gasteiger partial charge in [0, 0.05) is 63.1 Å². The largest absolute Gasteiger partial charge is 0.396 e. The first-order chi connectivity index (χ1) is 15.5. The highest BCUT2D eigenvalue weighted by Gasteiger charge is 2.55. The topological polar surface area (TPSA) is 78.7 Å². The molecule has 1 N–H and O–H groups in total. The van der Waals surface area contributed by atoms with Crippen LogP contribution in [-0.4, -0.2) is 57.1 Å². The van der Waals surface area contributed by atoms with Crippen molar-refractivity contribution in [1.29, 1.82) is 0 Å². The summed E-state index contributed by atoms with van der Waals surface area (Å²) in [5.74, 6) is -0.263. The van der Waals surface area contributed by atoms with Crippen LogP contribution < -0.4 is 5.56 Å². The van der Waals surface area contributed by atoms with Gasteiger partial charge >= 0.3 is 0 Å². The minimum Gasteiger partial charge on any atom is -0.396 e. The van der Waals surface area contributed by atoms with Crippen LogP contribution in [0, 0.1) is 11.8 Å². The smallest absolute Gasteiger partial charge is 0.258 e. The molecule has 0 saturated carbocycles. The molecule has 168 valence electrons. The molecule has 1 amide bonds. The summed E-state index contributed by atoms with van der Waals surface area (Å²) in [7, 11) is 3.51. The standard InChI is InChI=1S/C25H30N4O3/c1-27(2)25(32)23-20(15-30)19-14-28-21(11-10-18(24(28)31)16-7-3-4-8-16)22(19)29(23)13-17-9-5-6-12-26-17/h5-7,9-12,19-20,22-23,30H,3-4,8,13-15H2,1-2H3/t19-,20-,22+,23-/m0/s1. The van der Waals surface area contributed by atoms with E-state index in [9.17, 15) is 14.7 Å². The Hall–Kier alpha value is -2.77. The number of carbonyl (C=O) groups excluding carboxylic acids is 1. The average Bonchev–Trinajstić information content (AvgIpc) is 3.50. The van der Waals surface area contributed by atoms with Crippen molar-refractivity contribution in [3.05, 3.63) is 69.9 Å². The quantitative estimate of drug-likeness (QED) is 0.780. The van der Waals surface area contributed by atoms with E-state index in [1.54, 1.807) is 25.2 Å². The van der Waals surface area contributed by atoms with E-state index in [-0.39, 0.29) is 36.0 Å². The Kier molecular flexibility index (Phi) is 5.47. The SMILES string of the molecule is CN(C)C(=O)[C@@H]1[C@@H](CO)[C@@H]2Cn3c(ccc(C4=CCCC4)c3=O)[C@@H]2N1Cc1ccccn1. The number of hydrogen-bond donors (Lipinski definition) is 1. The molecule has 1 fully saturated rings. The fourth-order valence-corrected chi connectivity index (χ4v) is 5.87. The molecule has 0 bridgehead atoms. The van der Waals surface area contributed by atoms with Crippen LogP contribution in [0.3, 0.4) is 0 Å². The van der Waals surface area contributed by atoms with Gasteiger partial charge in [-0.3, -0.25) is 19.5 Å². The van der Waals surface area contributed by atoms with Crippen LogP contribution >= 0.6 is 0 Å². The van der Waals surface area contributed by atoms with Crippen LogP contribution in [0.15, 0.2) is 47.4 Å². The second kappa shape index (κ2) is 8.30. The highest BCUT2D eigenvalue weighted by atomic mass is 16.3. The van der Waals surface area contributed by atoms with Crippen LogP contribution in [0.5, 0.6) is 0 Å². The van der Waals surface area contributed by atoms with Gasteiger partial charge in [-0.2, -0.15) is 0 Å². The molecular formula is C25H30N4O3. The zero-order valence-electron chi connectivity index (χ0n) is 18.6. The summed E-state index contributed by atoms with van der Waals surface area (Å²) in [6, 6.07) is 9.23. The third-order valence-electron chi connectivity index (χ3n) is 7.34. The maximum atomic E-state index is 13.4. The second-order valence-electron chi connectivity index (χ2n) is 9.34. The number of likely N-dealkylation sites (N-methyl/N-ethyl adjacent to an activating group) is 1. The molecule has 1 saturated heterocycles. The van der Waals surface area contributed by atoms with Gasteiger partial charge in [-0.05, 0) is 49.1 Å². The fourth-order valence-electron chi connectivity index (χ4n) is 5.87. The number of likely N-dealkylation sites (tertiary alicyclic amines) is 1. The Labute approximate surface area is 188 Å². The number of fused-ring (bicyclic) bond motifs is 3. The van der Waals surface area contributed by atoms with E-state index in [1.165, 1.54) is 0 Å². The van der Waals surface area contributed by atoms with Crippen molar-refractivity contribution in [2.45, 2.75) is 44.4 Å². The molecule has 3 aliphatic rings. The number of amides is 1. The molecule has 0 radical (unpaired) electrons. The highest BCUT2D eigenvalue weighted by molar-refractivity contribution is 5.82. The van der Waals surface area contributed by atoms with Crippen molar-refractivity contribution in [3.63, 3.8) is 0 Å². The monoisotopic (exact) mass is 434 g/mol. The molecule has 0 aromatic carbocycles. The van der Waals surface area contributed by atoms with Crippen molar-refractivity contribution in [2.75, 3.05) is 20.7 Å². The maximum absolute atomic E-state index is 13.4. The first-order valence-electron chi connectivity index (χ1n) is 11.4. The van der Waals surface area contributed by atoms with Crippen molar-refractivity contribution in [1.82, 2.24) is 19.4 Å². The van der Waals surface area contributed by atoms with Gasteiger partial charge in [0.05, 0.1) is 17.8 Å². The zero-order valence-corrected chi connectivity index (χ0v) is 18.6. The van der Waals surface area contributed by atoms with Crippen LogP contribution in [0.1, 0.15) is 42.3 Å². The lowest BCUT2D eigenvalue weighted by atomic mass is 9.88. The van der Waals surface area contributed by atoms with Crippen molar-refractivity contribution in [3.8, 4) is 0 Å². The molecule has 4 heterocycles. The minimum atomic E-state index is -0.451. The molecular weight excluding hydrogens is 404 g/mol. The maximum Gasteiger partial charge on any atom is 0.258 e. The highest BCUT2D eigenvalue weighted by Crippen LogP contribution is 2.50. The number of nitrogens with zero attached hydrogens (tertiary/aromatic N) is 4. The Morgan fingerprint density at radius 3 is 2.75 bits per heavy atom. The number of aliphatic hydroxyl groups excluding tert-OH is 1. The lowest BCUT2D eigenvalue weighted by molar-refractivity contribution is -0.136. The average molecular weight is 435 g/mol. The number of rotatable bonds is 5. The second-order valence-corrected chi connectivity index (χ2v) is 9.34. The summed E-state index contributed by atoms with van der Waals surface area (Å²) in [4.78, 5) is 34.9. The van der Waals surface area contributed by atoms with Crippen molar-refractivity contribution in [2.24, 2.45) is 11.8 Å². The van der Waals surface area contributed by atoms with E-state index >= 15 is 0 Å². The van der Waals surface area contributed by atoms with Gasteiger partial charge in [0.1, 0.15) is 0 Å². The molecule has 1 aliphatic carbocycles. The van der Waals surface area contributed by atoms with Gasteiger partial charge in [0.15, 0.2) is 0 Å². The summed E-state index contributed by atoms with van der Waals surface area (Å²) < 4.78 is 1.88. The molecule has 2 aromatic heterocycles. The van der Waals surface area contributed by atoms with Crippen LogP contribution in [0.4, 0.5) is 0 Å². The molecule has 0 unspecified atom stereocenters. The van der Waals surface area contributed by atoms with Crippen LogP contribution in [0.2, 0.25) is 0 Å². The van der Waals surface area contributed by atoms with E-state index in [4.69, 9.17) is 0 Å². The molecule has 2 aromatic rings. The van der Waals surface area contributed by atoms with Gasteiger partial charge in [0.2, 0.25) is 5.91 Å². The normalized spacial score (nSPS) is 26.7. The number of aromatic nitrogens is 2. The predicted molar refractivity (Wildman–Crippen MR) is 122 cm³/mol. The Bertz CT molecular complexity index is 1110. The van der Waals surface area contributed by atoms with Gasteiger partial charge in [-0.25, -0.2) is 0 Å². The van der Waals surface area contributed by atoms with Gasteiger partial charge < -0.3 is 14.6 Å². The predicted octanol–water partition coefficient (Wildman–Crippen LogP) is 2.06. The fraction of sp³-hybridized carbons (Fsp3) is 0.480. The molecule has 7 heteroatoms. The lowest BCUT2D eigenvalue weighted by Gasteiger charge is -2.32. The Morgan fingerprint density at radius 2 is 2.09 bits per heavy atom. The number of carbonyl (C=O) groups is 1. The third-order valence-corrected chi connectivity index (χ3v) is 7.34. The zero-order chi connectivity index (χ0) is 22.4. The van der Waals surface area contributed by atoms with Crippen LogP contribution in [-0.2, 0) is 17.9 Å². The molecule has 5 rings (SSSR count). The lowest BCUT2D eigenvalue weighted by Crippen LogP contribution is -2.47. The molecule has 7 nitrogen and oxygen atoms in total. The first-order valence-corrected chi connectivity index (χ1v) is 11.4. The number of aliphatic hydroxyl groups is 1. The van der Waals surface area contributed by atoms with E-state index in [2.05, 4.69) is 22.0 Å². The number of pyridine rings is 2. The van der Waals surface area contributed by atoms with Gasteiger partial charge in [-0.1, -0.05) is 12.1 Å². The van der Waals surface area contributed by atoms with Crippen molar-refractivity contribution >= 4 is 11.5 Å². The van der Waals surface area contributed by atoms with Crippen molar-refractivity contribution < 1.29 is 9.90 Å². The van der Waals surface area contributed by atoms with Crippen LogP contribution in [0.25, 0.3) is 5.57 Å². The Morgan fingerprint density at radius 1 is 1.25 bits per heavy atom. The summed E-state index contributed by atoms with van der Waals surface area (Å²) in [6.45, 7) is 0.926. The Balaban J connectivity index is 1.59. The number of hydrogen-bond acceptors (Lipinski definition) is 5. The first kappa shape index (κ1) is 21.1. The van der Waals surface area contributed by atoms with E-state index in [0.29, 0.717) is 13.1 Å². The van der Waals surface area contributed by atoms with Gasteiger partial charge in [-0.15, -0.1) is 0 Å². The van der Waals surface area contributed by atoms with E-state index in [1.807, 2.05) is 28.8 Å². The molecule has 0 spiro atoms. The van der Waals surface area contributed by atoms with E-state index in [0.717, 1.165) is 41.8 Å². The molecule has 2 aliphatic heterocycles. The summed E-state index contributed by atoms with van der Waals surface area (Å²) in [6.07, 6.45) is 7.01. The third kappa shape index (κ3) is 3.31. The van der Waals surface area contributed by atoms with Gasteiger partial charge in [0.25, 0.3) is 5.56 Å². The minimum absolute atomic E-state index is 0.00174. The summed E-state index contributed by atoms with van der Waals surface area (Å²) in [5, 5.41) is 10.4. The summed E-state index contributed by atoms with van der Waals surface area (Å²) in [5.41, 5.74) is 3.80. The van der Waals surface area contributed by atoms with E-state index < -0.39 is 6.04 Å².